The largest absolute Gasteiger partial charge is 0.505 e. The molecule has 1 aliphatic rings. The molecule has 0 spiro atoms. The highest BCUT2D eigenvalue weighted by Crippen LogP contribution is 2.43. The zero-order valence-electron chi connectivity index (χ0n) is 13.4. The lowest BCUT2D eigenvalue weighted by molar-refractivity contribution is 0.476. The summed E-state index contributed by atoms with van der Waals surface area (Å²) in [6.07, 6.45) is 0. The number of hydrogen-bond donors (Lipinski definition) is 1. The smallest absolute Gasteiger partial charge is 0.204 e. The predicted molar refractivity (Wildman–Crippen MR) is 96.4 cm³/mol. The van der Waals surface area contributed by atoms with E-state index in [1.165, 1.54) is 10.9 Å². The van der Waals surface area contributed by atoms with E-state index in [0.29, 0.717) is 28.8 Å². The number of rotatable bonds is 1. The van der Waals surface area contributed by atoms with Crippen LogP contribution in [-0.2, 0) is 0 Å². The van der Waals surface area contributed by atoms with Crippen molar-refractivity contribution in [1.82, 2.24) is 14.9 Å². The number of phenolic OH excluding ortho intramolecular Hbond substituents is 1. The Labute approximate surface area is 153 Å². The number of aromatic hydroxyl groups is 1. The van der Waals surface area contributed by atoms with Gasteiger partial charge in [-0.25, -0.2) is 9.98 Å². The summed E-state index contributed by atoms with van der Waals surface area (Å²) in [5.74, 6) is 0.832. The normalized spacial score (nSPS) is 15.8. The molecular weight excluding hydrogens is 373 g/mol. The van der Waals surface area contributed by atoms with Gasteiger partial charge in [0, 0.05) is 5.41 Å². The van der Waals surface area contributed by atoms with Crippen LogP contribution in [0.3, 0.4) is 0 Å². The fourth-order valence-corrected chi connectivity index (χ4v) is 2.88. The number of halogens is 3. The van der Waals surface area contributed by atoms with Gasteiger partial charge in [-0.05, 0) is 13.0 Å². The SMILES string of the molecule is Cc1nc2n(n1)N=C(C(C)(C)C)C2=Nc1cc(Cl)c(O)c(Cl)c1Cl. The first-order chi connectivity index (χ1) is 11.1. The Hall–Kier alpha value is -1.63. The summed E-state index contributed by atoms with van der Waals surface area (Å²) in [5.41, 5.74) is 1.30. The molecule has 1 N–H and O–H groups in total. The van der Waals surface area contributed by atoms with Crippen LogP contribution >= 0.6 is 34.8 Å². The minimum Gasteiger partial charge on any atom is -0.505 e. The summed E-state index contributed by atoms with van der Waals surface area (Å²) >= 11 is 18.2. The van der Waals surface area contributed by atoms with Gasteiger partial charge in [-0.15, -0.1) is 9.89 Å². The Bertz CT molecular complexity index is 909. The Morgan fingerprint density at radius 1 is 1.17 bits per heavy atom. The summed E-state index contributed by atoms with van der Waals surface area (Å²) in [5, 5.41) is 18.6. The molecule has 3 rings (SSSR count). The maximum atomic E-state index is 9.77. The van der Waals surface area contributed by atoms with E-state index in [4.69, 9.17) is 34.8 Å². The first-order valence-electron chi connectivity index (χ1n) is 7.08. The van der Waals surface area contributed by atoms with Crippen molar-refractivity contribution in [1.29, 1.82) is 0 Å². The van der Waals surface area contributed by atoms with Crippen LogP contribution in [0.25, 0.3) is 0 Å². The molecule has 2 aromatic rings. The fraction of sp³-hybridized carbons (Fsp3) is 0.333. The fourth-order valence-electron chi connectivity index (χ4n) is 2.25. The zero-order chi connectivity index (χ0) is 17.8. The molecule has 0 saturated heterocycles. The molecule has 0 radical (unpaired) electrons. The molecule has 0 fully saturated rings. The topological polar surface area (TPSA) is 75.7 Å². The molecule has 24 heavy (non-hydrogen) atoms. The van der Waals surface area contributed by atoms with Gasteiger partial charge in [0.15, 0.2) is 11.6 Å². The van der Waals surface area contributed by atoms with Crippen molar-refractivity contribution in [3.63, 3.8) is 0 Å². The number of aryl methyl sites for hydroxylation is 1. The number of fused-ring (bicyclic) bond motifs is 1. The van der Waals surface area contributed by atoms with E-state index < -0.39 is 0 Å². The van der Waals surface area contributed by atoms with Gasteiger partial charge in [-0.3, -0.25) is 0 Å². The van der Waals surface area contributed by atoms with Crippen LogP contribution in [0.2, 0.25) is 15.1 Å². The lowest BCUT2D eigenvalue weighted by Crippen LogP contribution is -2.27. The Kier molecular flexibility index (Phi) is 4.10. The van der Waals surface area contributed by atoms with Crippen molar-refractivity contribution in [3.05, 3.63) is 32.8 Å². The molecule has 0 unspecified atom stereocenters. The van der Waals surface area contributed by atoms with Gasteiger partial charge in [0.05, 0.1) is 21.4 Å². The number of aromatic nitrogens is 3. The molecule has 0 aliphatic carbocycles. The second kappa shape index (κ2) is 5.72. The van der Waals surface area contributed by atoms with Crippen LogP contribution in [0.4, 0.5) is 5.69 Å². The molecule has 9 heteroatoms. The average molecular weight is 387 g/mol. The van der Waals surface area contributed by atoms with Crippen molar-refractivity contribution >= 4 is 51.9 Å². The molecule has 1 aromatic heterocycles. The Morgan fingerprint density at radius 2 is 1.83 bits per heavy atom. The third kappa shape index (κ3) is 2.79. The van der Waals surface area contributed by atoms with Gasteiger partial charge >= 0.3 is 0 Å². The van der Waals surface area contributed by atoms with E-state index in [1.807, 2.05) is 20.8 Å². The molecule has 0 saturated carbocycles. The lowest BCUT2D eigenvalue weighted by atomic mass is 9.87. The molecule has 0 bridgehead atoms. The van der Waals surface area contributed by atoms with E-state index in [1.54, 1.807) is 6.92 Å². The van der Waals surface area contributed by atoms with E-state index in [2.05, 4.69) is 20.2 Å². The quantitative estimate of drug-likeness (QED) is 0.726. The number of phenols is 1. The first kappa shape index (κ1) is 17.2. The van der Waals surface area contributed by atoms with Crippen LogP contribution < -0.4 is 0 Å². The number of benzene rings is 1. The van der Waals surface area contributed by atoms with E-state index >= 15 is 0 Å². The number of hydrogen-bond acceptors (Lipinski definition) is 5. The van der Waals surface area contributed by atoms with Crippen LogP contribution in [0.15, 0.2) is 16.2 Å². The highest BCUT2D eigenvalue weighted by molar-refractivity contribution is 6.51. The molecule has 126 valence electrons. The predicted octanol–water partition coefficient (Wildman–Crippen LogP) is 4.64. The Morgan fingerprint density at radius 3 is 2.46 bits per heavy atom. The van der Waals surface area contributed by atoms with Gasteiger partial charge in [0.25, 0.3) is 0 Å². The van der Waals surface area contributed by atoms with Crippen molar-refractivity contribution in [2.75, 3.05) is 0 Å². The van der Waals surface area contributed by atoms with Crippen molar-refractivity contribution in [2.24, 2.45) is 15.5 Å². The molecule has 1 aromatic carbocycles. The molecule has 0 amide bonds. The maximum absolute atomic E-state index is 9.77. The molecular formula is C15H14Cl3N5O. The van der Waals surface area contributed by atoms with Crippen molar-refractivity contribution < 1.29 is 5.11 Å². The Balaban J connectivity index is 2.23. The third-order valence-electron chi connectivity index (χ3n) is 3.39. The summed E-state index contributed by atoms with van der Waals surface area (Å²) in [6.45, 7) is 7.81. The van der Waals surface area contributed by atoms with Crippen LogP contribution in [0.1, 0.15) is 32.4 Å². The second-order valence-corrected chi connectivity index (χ2v) is 7.55. The summed E-state index contributed by atoms with van der Waals surface area (Å²) < 4.78 is 0. The second-order valence-electron chi connectivity index (χ2n) is 6.39. The van der Waals surface area contributed by atoms with Crippen LogP contribution in [0, 0.1) is 12.3 Å². The van der Waals surface area contributed by atoms with Crippen LogP contribution in [0.5, 0.6) is 5.75 Å². The first-order valence-corrected chi connectivity index (χ1v) is 8.22. The molecule has 0 atom stereocenters. The zero-order valence-corrected chi connectivity index (χ0v) is 15.7. The van der Waals surface area contributed by atoms with Gasteiger partial charge in [0.1, 0.15) is 10.7 Å². The summed E-state index contributed by atoms with van der Waals surface area (Å²) in [4.78, 5) is 10.4. The summed E-state index contributed by atoms with van der Waals surface area (Å²) in [7, 11) is 0. The average Bonchev–Trinajstić information content (AvgIpc) is 2.99. The van der Waals surface area contributed by atoms with Crippen molar-refractivity contribution in [2.45, 2.75) is 27.7 Å². The van der Waals surface area contributed by atoms with E-state index in [9.17, 15) is 5.11 Å². The monoisotopic (exact) mass is 385 g/mol. The van der Waals surface area contributed by atoms with Gasteiger partial charge in [-0.2, -0.15) is 5.10 Å². The van der Waals surface area contributed by atoms with Crippen molar-refractivity contribution in [3.8, 4) is 5.75 Å². The number of nitrogens with zero attached hydrogens (tertiary/aromatic N) is 5. The minimum atomic E-state index is -0.286. The maximum Gasteiger partial charge on any atom is 0.204 e. The molecule has 1 aliphatic heterocycles. The minimum absolute atomic E-state index is 0.0478. The molecule has 6 nitrogen and oxygen atoms in total. The van der Waals surface area contributed by atoms with E-state index in [0.717, 1.165) is 0 Å². The third-order valence-corrected chi connectivity index (χ3v) is 4.52. The van der Waals surface area contributed by atoms with Gasteiger partial charge in [-0.1, -0.05) is 55.6 Å². The van der Waals surface area contributed by atoms with Crippen LogP contribution in [-0.4, -0.2) is 31.4 Å². The standard InChI is InChI=1S/C15H14Cl3N5O/c1-6-19-14-11(13(15(2,3)4)22-23(14)21-6)20-8-5-7(16)12(24)10(18)9(8)17/h5,24H,1-4H3. The van der Waals surface area contributed by atoms with Gasteiger partial charge in [0.2, 0.25) is 5.82 Å². The molecule has 2 heterocycles. The number of aliphatic imine (C=N–C) groups is 1. The highest BCUT2D eigenvalue weighted by atomic mass is 35.5. The van der Waals surface area contributed by atoms with Gasteiger partial charge < -0.3 is 5.11 Å². The van der Waals surface area contributed by atoms with E-state index in [-0.39, 0.29) is 26.2 Å². The lowest BCUT2D eigenvalue weighted by Gasteiger charge is -2.18. The highest BCUT2D eigenvalue weighted by Gasteiger charge is 2.34. The summed E-state index contributed by atoms with van der Waals surface area (Å²) in [6, 6.07) is 1.45.